The number of hydrogen-bond acceptors (Lipinski definition) is 3. The van der Waals surface area contributed by atoms with Crippen molar-refractivity contribution >= 4 is 5.65 Å². The fourth-order valence-electron chi connectivity index (χ4n) is 1.56. The molecular weight excluding hydrogens is 188 g/mol. The van der Waals surface area contributed by atoms with Gasteiger partial charge >= 0.3 is 0 Å². The first-order valence-corrected chi connectivity index (χ1v) is 5.41. The van der Waals surface area contributed by atoms with Gasteiger partial charge in [0.1, 0.15) is 5.82 Å². The van der Waals surface area contributed by atoms with Gasteiger partial charge in [-0.3, -0.25) is 4.40 Å². The zero-order valence-electron chi connectivity index (χ0n) is 8.98. The molecule has 0 saturated heterocycles. The standard InChI is InChI=1S/C11H16N4/c1-2-7-12-8-6-11-14-13-10-5-3-4-9-15(10)11/h3-5,9,12H,2,6-8H2,1H3. The number of nitrogens with one attached hydrogen (secondary N) is 1. The third kappa shape index (κ3) is 2.33. The number of pyridine rings is 1. The normalized spacial score (nSPS) is 11.0. The summed E-state index contributed by atoms with van der Waals surface area (Å²) in [5, 5.41) is 11.6. The maximum absolute atomic E-state index is 4.17. The van der Waals surface area contributed by atoms with Gasteiger partial charge in [0.25, 0.3) is 0 Å². The summed E-state index contributed by atoms with van der Waals surface area (Å²) < 4.78 is 2.04. The Kier molecular flexibility index (Phi) is 3.29. The van der Waals surface area contributed by atoms with Crippen molar-refractivity contribution in [1.82, 2.24) is 19.9 Å². The third-order valence-corrected chi connectivity index (χ3v) is 2.34. The molecule has 0 atom stereocenters. The molecule has 4 heteroatoms. The molecule has 0 unspecified atom stereocenters. The predicted molar refractivity (Wildman–Crippen MR) is 59.9 cm³/mol. The maximum Gasteiger partial charge on any atom is 0.160 e. The van der Waals surface area contributed by atoms with Gasteiger partial charge in [0, 0.05) is 19.2 Å². The van der Waals surface area contributed by atoms with E-state index in [2.05, 4.69) is 22.4 Å². The van der Waals surface area contributed by atoms with Crippen molar-refractivity contribution in [2.75, 3.05) is 13.1 Å². The Morgan fingerprint density at radius 3 is 3.07 bits per heavy atom. The summed E-state index contributed by atoms with van der Waals surface area (Å²) >= 11 is 0. The van der Waals surface area contributed by atoms with Crippen LogP contribution in [0.4, 0.5) is 0 Å². The lowest BCUT2D eigenvalue weighted by Crippen LogP contribution is -2.18. The number of nitrogens with zero attached hydrogens (tertiary/aromatic N) is 3. The minimum atomic E-state index is 0.919. The fourth-order valence-corrected chi connectivity index (χ4v) is 1.56. The quantitative estimate of drug-likeness (QED) is 0.746. The van der Waals surface area contributed by atoms with Crippen LogP contribution in [0.5, 0.6) is 0 Å². The predicted octanol–water partition coefficient (Wildman–Crippen LogP) is 1.27. The van der Waals surface area contributed by atoms with Gasteiger partial charge in [-0.2, -0.15) is 0 Å². The highest BCUT2D eigenvalue weighted by atomic mass is 15.2. The van der Waals surface area contributed by atoms with Gasteiger partial charge in [-0.15, -0.1) is 10.2 Å². The lowest BCUT2D eigenvalue weighted by atomic mass is 10.3. The average molecular weight is 204 g/mol. The van der Waals surface area contributed by atoms with Crippen LogP contribution in [0.3, 0.4) is 0 Å². The molecular formula is C11H16N4. The van der Waals surface area contributed by atoms with Crippen LogP contribution in [-0.2, 0) is 6.42 Å². The molecule has 4 nitrogen and oxygen atoms in total. The van der Waals surface area contributed by atoms with E-state index in [0.29, 0.717) is 0 Å². The van der Waals surface area contributed by atoms with Crippen LogP contribution in [0.25, 0.3) is 5.65 Å². The number of fused-ring (bicyclic) bond motifs is 1. The lowest BCUT2D eigenvalue weighted by Gasteiger charge is -2.01. The lowest BCUT2D eigenvalue weighted by molar-refractivity contribution is 0.655. The number of aromatic nitrogens is 3. The first-order valence-electron chi connectivity index (χ1n) is 5.41. The van der Waals surface area contributed by atoms with E-state index >= 15 is 0 Å². The molecule has 1 N–H and O–H groups in total. The fraction of sp³-hybridized carbons (Fsp3) is 0.455. The van der Waals surface area contributed by atoms with Gasteiger partial charge in [-0.1, -0.05) is 13.0 Å². The van der Waals surface area contributed by atoms with Gasteiger partial charge in [-0.05, 0) is 25.1 Å². The molecule has 2 rings (SSSR count). The van der Waals surface area contributed by atoms with Gasteiger partial charge in [0.05, 0.1) is 0 Å². The van der Waals surface area contributed by atoms with Crippen molar-refractivity contribution in [2.24, 2.45) is 0 Å². The zero-order valence-corrected chi connectivity index (χ0v) is 8.98. The molecule has 0 saturated carbocycles. The van der Waals surface area contributed by atoms with E-state index in [1.54, 1.807) is 0 Å². The van der Waals surface area contributed by atoms with E-state index < -0.39 is 0 Å². The highest BCUT2D eigenvalue weighted by Crippen LogP contribution is 2.02. The maximum atomic E-state index is 4.17. The van der Waals surface area contributed by atoms with Crippen molar-refractivity contribution < 1.29 is 0 Å². The van der Waals surface area contributed by atoms with Crippen LogP contribution in [-0.4, -0.2) is 27.7 Å². The van der Waals surface area contributed by atoms with Crippen LogP contribution < -0.4 is 5.32 Å². The molecule has 15 heavy (non-hydrogen) atoms. The van der Waals surface area contributed by atoms with Gasteiger partial charge in [0.2, 0.25) is 0 Å². The SMILES string of the molecule is CCCNCCc1nnc2ccccn12. The third-order valence-electron chi connectivity index (χ3n) is 2.34. The number of rotatable bonds is 5. The second-order valence-electron chi connectivity index (χ2n) is 3.55. The molecule has 0 fully saturated rings. The summed E-state index contributed by atoms with van der Waals surface area (Å²) in [7, 11) is 0. The molecule has 0 aliphatic carbocycles. The van der Waals surface area contributed by atoms with E-state index in [4.69, 9.17) is 0 Å². The first-order chi connectivity index (χ1) is 7.42. The summed E-state index contributed by atoms with van der Waals surface area (Å²) in [6.45, 7) is 4.19. The summed E-state index contributed by atoms with van der Waals surface area (Å²) in [4.78, 5) is 0. The van der Waals surface area contributed by atoms with E-state index in [0.717, 1.165) is 31.0 Å². The van der Waals surface area contributed by atoms with E-state index in [9.17, 15) is 0 Å². The average Bonchev–Trinajstić information content (AvgIpc) is 2.68. The molecule has 2 heterocycles. The molecule has 0 aromatic carbocycles. The van der Waals surface area contributed by atoms with Crippen LogP contribution in [0.2, 0.25) is 0 Å². The smallest absolute Gasteiger partial charge is 0.160 e. The molecule has 0 spiro atoms. The van der Waals surface area contributed by atoms with Crippen molar-refractivity contribution in [3.8, 4) is 0 Å². The monoisotopic (exact) mass is 204 g/mol. The van der Waals surface area contributed by atoms with Gasteiger partial charge in [0.15, 0.2) is 5.65 Å². The molecule has 2 aromatic heterocycles. The Bertz CT molecular complexity index is 421. The minimum absolute atomic E-state index is 0.919. The Balaban J connectivity index is 2.02. The van der Waals surface area contributed by atoms with Crippen molar-refractivity contribution in [3.63, 3.8) is 0 Å². The Morgan fingerprint density at radius 1 is 1.27 bits per heavy atom. The van der Waals surface area contributed by atoms with Crippen molar-refractivity contribution in [3.05, 3.63) is 30.2 Å². The van der Waals surface area contributed by atoms with Crippen LogP contribution in [0.15, 0.2) is 24.4 Å². The van der Waals surface area contributed by atoms with Gasteiger partial charge < -0.3 is 5.32 Å². The minimum Gasteiger partial charge on any atom is -0.316 e. The highest BCUT2D eigenvalue weighted by molar-refractivity contribution is 5.36. The van der Waals surface area contributed by atoms with Crippen LogP contribution in [0, 0.1) is 0 Å². The second-order valence-corrected chi connectivity index (χ2v) is 3.55. The Labute approximate surface area is 89.3 Å². The molecule has 0 aliphatic heterocycles. The summed E-state index contributed by atoms with van der Waals surface area (Å²) in [6, 6.07) is 5.94. The van der Waals surface area contributed by atoms with Crippen molar-refractivity contribution in [2.45, 2.75) is 19.8 Å². The second kappa shape index (κ2) is 4.89. The van der Waals surface area contributed by atoms with Gasteiger partial charge in [-0.25, -0.2) is 0 Å². The summed E-state index contributed by atoms with van der Waals surface area (Å²) in [5.74, 6) is 1.02. The summed E-state index contributed by atoms with van der Waals surface area (Å²) in [6.07, 6.45) is 4.09. The molecule has 2 aromatic rings. The van der Waals surface area contributed by atoms with Crippen LogP contribution in [0.1, 0.15) is 19.2 Å². The van der Waals surface area contributed by atoms with E-state index in [1.807, 2.05) is 28.8 Å². The molecule has 0 radical (unpaired) electrons. The van der Waals surface area contributed by atoms with E-state index in [1.165, 1.54) is 6.42 Å². The molecule has 80 valence electrons. The van der Waals surface area contributed by atoms with E-state index in [-0.39, 0.29) is 0 Å². The zero-order chi connectivity index (χ0) is 10.5. The summed E-state index contributed by atoms with van der Waals surface area (Å²) in [5.41, 5.74) is 0.919. The Hall–Kier alpha value is -1.42. The molecule has 0 aliphatic rings. The largest absolute Gasteiger partial charge is 0.316 e. The topological polar surface area (TPSA) is 42.2 Å². The van der Waals surface area contributed by atoms with Crippen LogP contribution >= 0.6 is 0 Å². The van der Waals surface area contributed by atoms with Crippen molar-refractivity contribution in [1.29, 1.82) is 0 Å². The Morgan fingerprint density at radius 2 is 2.20 bits per heavy atom. The molecule has 0 bridgehead atoms. The molecule has 0 amide bonds. The highest BCUT2D eigenvalue weighted by Gasteiger charge is 2.02. The first kappa shape index (κ1) is 10.1. The number of hydrogen-bond donors (Lipinski definition) is 1.